The standard InChI is InChI=1S/C14H27NO3Si/c1-14(2,3)19(4,5)18-11-8-9-17-10-6-7-12(16)15-13(10)11/h10-11,13H,6-9H2,1-5H3,(H,15,16). The molecular formula is C14H27NO3Si. The minimum atomic E-state index is -1.80. The molecule has 0 aromatic heterocycles. The molecule has 110 valence electrons. The summed E-state index contributed by atoms with van der Waals surface area (Å²) in [5, 5.41) is 3.27. The van der Waals surface area contributed by atoms with Gasteiger partial charge in [-0.15, -0.1) is 0 Å². The van der Waals surface area contributed by atoms with E-state index in [1.54, 1.807) is 0 Å². The number of hydrogen-bond donors (Lipinski definition) is 1. The van der Waals surface area contributed by atoms with Crippen molar-refractivity contribution in [1.29, 1.82) is 0 Å². The zero-order valence-electron chi connectivity index (χ0n) is 12.8. The third kappa shape index (κ3) is 3.20. The average molecular weight is 285 g/mol. The lowest BCUT2D eigenvalue weighted by Crippen LogP contribution is -2.61. The van der Waals surface area contributed by atoms with Crippen LogP contribution in [-0.2, 0) is 14.0 Å². The molecule has 5 heteroatoms. The van der Waals surface area contributed by atoms with Gasteiger partial charge in [0.05, 0.1) is 18.2 Å². The number of fused-ring (bicyclic) bond motifs is 1. The highest BCUT2D eigenvalue weighted by atomic mass is 28.4. The van der Waals surface area contributed by atoms with E-state index in [9.17, 15) is 4.79 Å². The van der Waals surface area contributed by atoms with Crippen LogP contribution < -0.4 is 5.32 Å². The predicted octanol–water partition coefficient (Wildman–Crippen LogP) is 2.44. The second-order valence-electron chi connectivity index (χ2n) is 7.25. The van der Waals surface area contributed by atoms with Crippen molar-refractivity contribution in [2.45, 2.75) is 76.4 Å². The fraction of sp³-hybridized carbons (Fsp3) is 0.929. The Kier molecular flexibility index (Phi) is 4.09. The molecule has 19 heavy (non-hydrogen) atoms. The van der Waals surface area contributed by atoms with E-state index in [2.05, 4.69) is 39.2 Å². The predicted molar refractivity (Wildman–Crippen MR) is 77.6 cm³/mol. The lowest BCUT2D eigenvalue weighted by Gasteiger charge is -2.46. The molecule has 2 saturated heterocycles. The van der Waals surface area contributed by atoms with Crippen molar-refractivity contribution >= 4 is 14.2 Å². The fourth-order valence-corrected chi connectivity index (χ4v) is 3.90. The summed E-state index contributed by atoms with van der Waals surface area (Å²) >= 11 is 0. The minimum Gasteiger partial charge on any atom is -0.412 e. The lowest BCUT2D eigenvalue weighted by atomic mass is 9.92. The summed E-state index contributed by atoms with van der Waals surface area (Å²) < 4.78 is 12.3. The zero-order chi connectivity index (χ0) is 14.3. The Hall–Kier alpha value is -0.393. The first-order chi connectivity index (χ1) is 8.71. The van der Waals surface area contributed by atoms with Crippen LogP contribution in [-0.4, -0.2) is 39.1 Å². The first kappa shape index (κ1) is 15.0. The van der Waals surface area contributed by atoms with Gasteiger partial charge in [-0.05, 0) is 31.0 Å². The van der Waals surface area contributed by atoms with Crippen LogP contribution in [0.1, 0.15) is 40.0 Å². The van der Waals surface area contributed by atoms with Crippen LogP contribution in [0.4, 0.5) is 0 Å². The van der Waals surface area contributed by atoms with Gasteiger partial charge in [-0.1, -0.05) is 20.8 Å². The van der Waals surface area contributed by atoms with Gasteiger partial charge in [0.15, 0.2) is 8.32 Å². The molecule has 2 fully saturated rings. The van der Waals surface area contributed by atoms with Gasteiger partial charge in [0.2, 0.25) is 5.91 Å². The van der Waals surface area contributed by atoms with Gasteiger partial charge < -0.3 is 14.5 Å². The van der Waals surface area contributed by atoms with Gasteiger partial charge in [0.1, 0.15) is 0 Å². The van der Waals surface area contributed by atoms with Gasteiger partial charge in [-0.25, -0.2) is 0 Å². The molecule has 2 aliphatic rings. The number of ether oxygens (including phenoxy) is 1. The van der Waals surface area contributed by atoms with Crippen molar-refractivity contribution < 1.29 is 14.0 Å². The Morgan fingerprint density at radius 3 is 2.63 bits per heavy atom. The maximum Gasteiger partial charge on any atom is 0.220 e. The Labute approximate surface area is 117 Å². The molecule has 1 N–H and O–H groups in total. The third-order valence-corrected chi connectivity index (χ3v) is 9.28. The highest BCUT2D eigenvalue weighted by molar-refractivity contribution is 6.74. The maximum atomic E-state index is 11.6. The molecule has 0 aromatic rings. The van der Waals surface area contributed by atoms with Gasteiger partial charge in [0.25, 0.3) is 0 Å². The van der Waals surface area contributed by atoms with Crippen molar-refractivity contribution in [3.8, 4) is 0 Å². The van der Waals surface area contributed by atoms with Crippen LogP contribution in [0.25, 0.3) is 0 Å². The van der Waals surface area contributed by atoms with E-state index < -0.39 is 8.32 Å². The highest BCUT2D eigenvalue weighted by Gasteiger charge is 2.45. The molecule has 0 bridgehead atoms. The van der Waals surface area contributed by atoms with E-state index in [0.717, 1.165) is 19.4 Å². The minimum absolute atomic E-state index is 0.0455. The van der Waals surface area contributed by atoms with Crippen LogP contribution >= 0.6 is 0 Å². The molecule has 3 unspecified atom stereocenters. The normalized spacial score (nSPS) is 32.7. The molecule has 0 radical (unpaired) electrons. The van der Waals surface area contributed by atoms with E-state index in [1.165, 1.54) is 0 Å². The molecule has 4 nitrogen and oxygen atoms in total. The molecular weight excluding hydrogens is 258 g/mol. The summed E-state index contributed by atoms with van der Waals surface area (Å²) in [7, 11) is -1.80. The number of hydrogen-bond acceptors (Lipinski definition) is 3. The van der Waals surface area contributed by atoms with Gasteiger partial charge in [-0.2, -0.15) is 0 Å². The summed E-state index contributed by atoms with van der Waals surface area (Å²) in [5.74, 6) is 0.135. The maximum absolute atomic E-state index is 11.6. The Morgan fingerprint density at radius 2 is 2.00 bits per heavy atom. The first-order valence-corrected chi connectivity index (χ1v) is 10.2. The first-order valence-electron chi connectivity index (χ1n) is 7.29. The second kappa shape index (κ2) is 5.18. The smallest absolute Gasteiger partial charge is 0.220 e. The van der Waals surface area contributed by atoms with Gasteiger partial charge in [0, 0.05) is 13.0 Å². The van der Waals surface area contributed by atoms with Crippen molar-refractivity contribution in [2.75, 3.05) is 6.61 Å². The molecule has 3 atom stereocenters. The number of carbonyl (C=O) groups excluding carboxylic acids is 1. The van der Waals surface area contributed by atoms with Crippen molar-refractivity contribution in [3.05, 3.63) is 0 Å². The van der Waals surface area contributed by atoms with E-state index in [-0.39, 0.29) is 29.2 Å². The van der Waals surface area contributed by atoms with Crippen LogP contribution in [0.5, 0.6) is 0 Å². The lowest BCUT2D eigenvalue weighted by molar-refractivity contribution is -0.135. The summed E-state index contributed by atoms with van der Waals surface area (Å²) in [5.41, 5.74) is 0. The molecule has 1 amide bonds. The topological polar surface area (TPSA) is 47.6 Å². The summed E-state index contributed by atoms with van der Waals surface area (Å²) in [6.07, 6.45) is 2.54. The molecule has 2 rings (SSSR count). The molecule has 0 aliphatic carbocycles. The van der Waals surface area contributed by atoms with E-state index >= 15 is 0 Å². The Morgan fingerprint density at radius 1 is 1.32 bits per heavy atom. The van der Waals surface area contributed by atoms with Crippen molar-refractivity contribution in [1.82, 2.24) is 5.32 Å². The van der Waals surface area contributed by atoms with E-state index in [4.69, 9.17) is 9.16 Å². The quantitative estimate of drug-likeness (QED) is 0.793. The zero-order valence-corrected chi connectivity index (χ0v) is 13.8. The summed E-state index contributed by atoms with van der Waals surface area (Å²) in [6.45, 7) is 12.0. The highest BCUT2D eigenvalue weighted by Crippen LogP contribution is 2.39. The van der Waals surface area contributed by atoms with Crippen molar-refractivity contribution in [3.63, 3.8) is 0 Å². The number of rotatable bonds is 2. The van der Waals surface area contributed by atoms with E-state index in [1.807, 2.05) is 0 Å². The second-order valence-corrected chi connectivity index (χ2v) is 12.0. The fourth-order valence-electron chi connectivity index (χ4n) is 2.53. The summed E-state index contributed by atoms with van der Waals surface area (Å²) in [6, 6.07) is 0.0455. The monoisotopic (exact) mass is 285 g/mol. The van der Waals surface area contributed by atoms with Gasteiger partial charge >= 0.3 is 0 Å². The van der Waals surface area contributed by atoms with Crippen LogP contribution in [0.2, 0.25) is 18.1 Å². The molecule has 0 saturated carbocycles. The SMILES string of the molecule is CC(C)(C)[Si](C)(C)OC1CCOC2CCC(=O)NC21. The van der Waals surface area contributed by atoms with E-state index in [0.29, 0.717) is 6.42 Å². The van der Waals surface area contributed by atoms with Crippen LogP contribution in [0.3, 0.4) is 0 Å². The van der Waals surface area contributed by atoms with Crippen molar-refractivity contribution in [2.24, 2.45) is 0 Å². The third-order valence-electron chi connectivity index (χ3n) is 4.77. The Balaban J connectivity index is 2.08. The molecule has 0 aromatic carbocycles. The number of piperidine rings is 1. The summed E-state index contributed by atoms with van der Waals surface area (Å²) in [4.78, 5) is 11.6. The number of carbonyl (C=O) groups is 1. The Bertz CT molecular complexity index is 351. The van der Waals surface area contributed by atoms with Crippen LogP contribution in [0.15, 0.2) is 0 Å². The average Bonchev–Trinajstić information content (AvgIpc) is 2.28. The molecule has 2 aliphatic heterocycles. The van der Waals surface area contributed by atoms with Gasteiger partial charge in [-0.3, -0.25) is 4.79 Å². The largest absolute Gasteiger partial charge is 0.412 e. The number of amides is 1. The molecule has 2 heterocycles. The number of nitrogens with one attached hydrogen (secondary N) is 1. The molecule has 0 spiro atoms. The van der Waals surface area contributed by atoms with Crippen LogP contribution in [0, 0.1) is 0 Å².